The van der Waals surface area contributed by atoms with Gasteiger partial charge in [-0.05, 0) is 56.2 Å². The molecule has 0 spiro atoms. The zero-order valence-corrected chi connectivity index (χ0v) is 19.3. The minimum atomic E-state index is -0.279. The highest BCUT2D eigenvalue weighted by atomic mass is 32.1. The molecule has 1 aliphatic rings. The summed E-state index contributed by atoms with van der Waals surface area (Å²) >= 11 is 1.56. The van der Waals surface area contributed by atoms with Gasteiger partial charge in [-0.1, -0.05) is 6.07 Å². The number of hydrogen-bond acceptors (Lipinski definition) is 7. The highest BCUT2D eigenvalue weighted by Crippen LogP contribution is 2.44. The lowest BCUT2D eigenvalue weighted by Gasteiger charge is -2.36. The molecule has 4 rings (SSSR count). The number of nitrogens with zero attached hydrogens (tertiary/aromatic N) is 1. The maximum Gasteiger partial charge on any atom is 0.291 e. The molecule has 170 valence electrons. The highest BCUT2D eigenvalue weighted by molar-refractivity contribution is 7.16. The van der Waals surface area contributed by atoms with Gasteiger partial charge in [-0.25, -0.2) is 0 Å². The summed E-state index contributed by atoms with van der Waals surface area (Å²) < 4.78 is 16.5. The predicted molar refractivity (Wildman–Crippen MR) is 124 cm³/mol. The van der Waals surface area contributed by atoms with E-state index in [0.29, 0.717) is 25.6 Å². The maximum atomic E-state index is 12.8. The normalized spacial score (nSPS) is 15.5. The number of anilines is 1. The van der Waals surface area contributed by atoms with Crippen LogP contribution in [0.25, 0.3) is 0 Å². The SMILES string of the molecule is CCOc1cc(C(c2c(NC(=O)c3ccco3)sc(C)c2C)N2CCOCC2)ccc1O. The lowest BCUT2D eigenvalue weighted by Crippen LogP contribution is -2.40. The number of carbonyl (C=O) groups is 1. The van der Waals surface area contributed by atoms with Crippen molar-refractivity contribution in [3.8, 4) is 11.5 Å². The number of ether oxygens (including phenoxy) is 2. The van der Waals surface area contributed by atoms with E-state index in [9.17, 15) is 9.90 Å². The van der Waals surface area contributed by atoms with Crippen molar-refractivity contribution >= 4 is 22.2 Å². The number of phenolic OH excluding ortho intramolecular Hbond substituents is 1. The lowest BCUT2D eigenvalue weighted by molar-refractivity contribution is 0.0239. The Bertz CT molecular complexity index is 1070. The van der Waals surface area contributed by atoms with Crippen LogP contribution in [0.15, 0.2) is 41.0 Å². The predicted octanol–water partition coefficient (Wildman–Crippen LogP) is 4.74. The summed E-state index contributed by atoms with van der Waals surface area (Å²) in [6.07, 6.45) is 1.49. The molecule has 32 heavy (non-hydrogen) atoms. The van der Waals surface area contributed by atoms with Crippen LogP contribution in [0.4, 0.5) is 5.00 Å². The number of furan rings is 1. The van der Waals surface area contributed by atoms with Gasteiger partial charge in [-0.3, -0.25) is 9.69 Å². The minimum Gasteiger partial charge on any atom is -0.504 e. The molecule has 1 aromatic carbocycles. The molecular formula is C24H28N2O5S. The number of aromatic hydroxyl groups is 1. The summed E-state index contributed by atoms with van der Waals surface area (Å²) in [6, 6.07) is 8.70. The molecule has 3 heterocycles. The summed E-state index contributed by atoms with van der Waals surface area (Å²) in [5.74, 6) is 0.555. The van der Waals surface area contributed by atoms with Crippen molar-refractivity contribution in [2.24, 2.45) is 0 Å². The van der Waals surface area contributed by atoms with Crippen LogP contribution in [-0.2, 0) is 4.74 Å². The third-order valence-corrected chi connectivity index (χ3v) is 6.83. The number of rotatable bonds is 7. The largest absolute Gasteiger partial charge is 0.504 e. The van der Waals surface area contributed by atoms with Crippen molar-refractivity contribution in [1.29, 1.82) is 0 Å². The summed E-state index contributed by atoms with van der Waals surface area (Å²) in [6.45, 7) is 9.30. The Balaban J connectivity index is 1.79. The van der Waals surface area contributed by atoms with Gasteiger partial charge in [-0.2, -0.15) is 0 Å². The van der Waals surface area contributed by atoms with Gasteiger partial charge in [0.15, 0.2) is 17.3 Å². The second-order valence-electron chi connectivity index (χ2n) is 7.67. The number of hydrogen-bond donors (Lipinski definition) is 2. The average Bonchev–Trinajstić information content (AvgIpc) is 3.42. The van der Waals surface area contributed by atoms with Crippen LogP contribution in [-0.4, -0.2) is 48.8 Å². The molecule has 0 radical (unpaired) electrons. The minimum absolute atomic E-state index is 0.112. The number of nitrogens with one attached hydrogen (secondary N) is 1. The van der Waals surface area contributed by atoms with E-state index < -0.39 is 0 Å². The molecular weight excluding hydrogens is 428 g/mol. The van der Waals surface area contributed by atoms with Crippen molar-refractivity contribution in [1.82, 2.24) is 4.90 Å². The van der Waals surface area contributed by atoms with Crippen molar-refractivity contribution in [2.75, 3.05) is 38.2 Å². The molecule has 3 aromatic rings. The second kappa shape index (κ2) is 9.77. The number of amides is 1. The number of thiophene rings is 1. The molecule has 7 nitrogen and oxygen atoms in total. The first-order valence-corrected chi connectivity index (χ1v) is 11.5. The molecule has 1 atom stereocenters. The average molecular weight is 457 g/mol. The zero-order valence-electron chi connectivity index (χ0n) is 18.5. The summed E-state index contributed by atoms with van der Waals surface area (Å²) in [5.41, 5.74) is 3.16. The topological polar surface area (TPSA) is 84.2 Å². The molecule has 1 aliphatic heterocycles. The first kappa shape index (κ1) is 22.4. The van der Waals surface area contributed by atoms with Crippen molar-refractivity contribution < 1.29 is 23.8 Å². The van der Waals surface area contributed by atoms with Crippen LogP contribution in [0.1, 0.15) is 45.1 Å². The number of morpholine rings is 1. The van der Waals surface area contributed by atoms with E-state index in [4.69, 9.17) is 13.9 Å². The van der Waals surface area contributed by atoms with Crippen LogP contribution in [0.3, 0.4) is 0 Å². The monoisotopic (exact) mass is 456 g/mol. The van der Waals surface area contributed by atoms with Gasteiger partial charge in [0, 0.05) is 23.5 Å². The number of phenols is 1. The molecule has 8 heteroatoms. The number of aryl methyl sites for hydroxylation is 1. The summed E-state index contributed by atoms with van der Waals surface area (Å²) in [7, 11) is 0. The Kier molecular flexibility index (Phi) is 6.83. The third kappa shape index (κ3) is 4.53. The molecule has 1 amide bonds. The Labute approximate surface area is 191 Å². The van der Waals surface area contributed by atoms with Crippen molar-refractivity contribution in [2.45, 2.75) is 26.8 Å². The molecule has 2 aromatic heterocycles. The van der Waals surface area contributed by atoms with Crippen molar-refractivity contribution in [3.05, 3.63) is 63.9 Å². The van der Waals surface area contributed by atoms with Crippen LogP contribution in [0.2, 0.25) is 0 Å². The van der Waals surface area contributed by atoms with Gasteiger partial charge in [0.2, 0.25) is 0 Å². The molecule has 1 unspecified atom stereocenters. The van der Waals surface area contributed by atoms with Crippen LogP contribution in [0.5, 0.6) is 11.5 Å². The molecule has 1 fully saturated rings. The zero-order chi connectivity index (χ0) is 22.7. The quantitative estimate of drug-likeness (QED) is 0.534. The number of benzene rings is 1. The standard InChI is InChI=1S/C24H28N2O5S/c1-4-30-20-14-17(7-8-18(20)27)22(26-9-12-29-13-10-26)21-15(2)16(3)32-24(21)25-23(28)19-6-5-11-31-19/h5-8,11,14,22,27H,4,9-10,12-13H2,1-3H3,(H,25,28). The van der Waals surface area contributed by atoms with Crippen molar-refractivity contribution in [3.63, 3.8) is 0 Å². The second-order valence-corrected chi connectivity index (χ2v) is 8.89. The first-order valence-electron chi connectivity index (χ1n) is 10.7. The summed E-state index contributed by atoms with van der Waals surface area (Å²) in [5, 5.41) is 14.1. The van der Waals surface area contributed by atoms with Gasteiger partial charge in [-0.15, -0.1) is 11.3 Å². The molecule has 0 bridgehead atoms. The van der Waals surface area contributed by atoms with E-state index in [2.05, 4.69) is 24.1 Å². The smallest absolute Gasteiger partial charge is 0.291 e. The Morgan fingerprint density at radius 2 is 2.06 bits per heavy atom. The van der Waals surface area contributed by atoms with Gasteiger partial charge < -0.3 is 24.3 Å². The van der Waals surface area contributed by atoms with Gasteiger partial charge in [0.1, 0.15) is 5.00 Å². The van der Waals surface area contributed by atoms with E-state index in [1.807, 2.05) is 19.1 Å². The van der Waals surface area contributed by atoms with Gasteiger partial charge in [0.05, 0.1) is 32.1 Å². The Morgan fingerprint density at radius 3 is 2.75 bits per heavy atom. The van der Waals surface area contributed by atoms with Gasteiger partial charge in [0.25, 0.3) is 5.91 Å². The van der Waals surface area contributed by atoms with Crippen LogP contribution < -0.4 is 10.1 Å². The molecule has 2 N–H and O–H groups in total. The van der Waals surface area contributed by atoms with Gasteiger partial charge >= 0.3 is 0 Å². The Hall–Kier alpha value is -2.81. The fourth-order valence-electron chi connectivity index (χ4n) is 4.01. The Morgan fingerprint density at radius 1 is 1.28 bits per heavy atom. The van der Waals surface area contributed by atoms with E-state index in [1.54, 1.807) is 29.5 Å². The number of carbonyl (C=O) groups excluding carboxylic acids is 1. The fraction of sp³-hybridized carbons (Fsp3) is 0.375. The van der Waals surface area contributed by atoms with E-state index in [1.165, 1.54) is 6.26 Å². The highest BCUT2D eigenvalue weighted by Gasteiger charge is 2.31. The molecule has 0 saturated carbocycles. The van der Waals surface area contributed by atoms with Crippen LogP contribution in [0, 0.1) is 13.8 Å². The lowest BCUT2D eigenvalue weighted by atomic mass is 9.94. The third-order valence-electron chi connectivity index (χ3n) is 5.69. The van der Waals surface area contributed by atoms with E-state index >= 15 is 0 Å². The first-order chi connectivity index (χ1) is 15.5. The summed E-state index contributed by atoms with van der Waals surface area (Å²) in [4.78, 5) is 16.3. The molecule has 0 aliphatic carbocycles. The van der Waals surface area contributed by atoms with E-state index in [-0.39, 0.29) is 23.5 Å². The maximum absolute atomic E-state index is 12.8. The molecule has 1 saturated heterocycles. The van der Waals surface area contributed by atoms with Crippen LogP contribution >= 0.6 is 11.3 Å². The fourth-order valence-corrected chi connectivity index (χ4v) is 5.09. The van der Waals surface area contributed by atoms with E-state index in [0.717, 1.165) is 39.7 Å².